The SMILES string of the molecule is CN(Cc1ccc(-c2ccc(OC(F)(F)F)cc2)cn1)CC(O)(Cn1cncn1)c1ccc(F)cc1F. The molecular formula is C25H22F5N5O2. The van der Waals surface area contributed by atoms with Crippen molar-refractivity contribution in [3.8, 4) is 16.9 Å². The van der Waals surface area contributed by atoms with Crippen LogP contribution in [0.25, 0.3) is 11.1 Å². The van der Waals surface area contributed by atoms with Gasteiger partial charge < -0.3 is 9.84 Å². The molecule has 1 N–H and O–H groups in total. The van der Waals surface area contributed by atoms with Crippen LogP contribution in [0, 0.1) is 11.6 Å². The second-order valence-electron chi connectivity index (χ2n) is 8.53. The van der Waals surface area contributed by atoms with Crippen molar-refractivity contribution in [2.45, 2.75) is 25.1 Å². The Balaban J connectivity index is 1.47. The van der Waals surface area contributed by atoms with Crippen molar-refractivity contribution >= 4 is 0 Å². The summed E-state index contributed by atoms with van der Waals surface area (Å²) in [4.78, 5) is 9.97. The van der Waals surface area contributed by atoms with Crippen LogP contribution in [0.4, 0.5) is 22.0 Å². The van der Waals surface area contributed by atoms with E-state index in [4.69, 9.17) is 0 Å². The van der Waals surface area contributed by atoms with E-state index in [-0.39, 0.29) is 30.9 Å². The minimum atomic E-state index is -4.76. The van der Waals surface area contributed by atoms with E-state index in [1.807, 2.05) is 0 Å². The number of hydrogen-bond acceptors (Lipinski definition) is 6. The van der Waals surface area contributed by atoms with Gasteiger partial charge in [0.25, 0.3) is 0 Å². The lowest BCUT2D eigenvalue weighted by atomic mass is 9.92. The van der Waals surface area contributed by atoms with Crippen LogP contribution in [0.1, 0.15) is 11.3 Å². The number of aromatic nitrogens is 4. The van der Waals surface area contributed by atoms with Gasteiger partial charge in [0.1, 0.15) is 35.6 Å². The molecular weight excluding hydrogens is 497 g/mol. The van der Waals surface area contributed by atoms with Crippen molar-refractivity contribution in [1.29, 1.82) is 0 Å². The van der Waals surface area contributed by atoms with E-state index < -0.39 is 23.6 Å². The fourth-order valence-corrected chi connectivity index (χ4v) is 3.99. The number of halogens is 5. The highest BCUT2D eigenvalue weighted by Gasteiger charge is 2.35. The second-order valence-corrected chi connectivity index (χ2v) is 8.53. The van der Waals surface area contributed by atoms with Gasteiger partial charge in [0.05, 0.1) is 12.2 Å². The molecule has 0 fully saturated rings. The first kappa shape index (κ1) is 26.2. The van der Waals surface area contributed by atoms with Gasteiger partial charge in [0.15, 0.2) is 0 Å². The van der Waals surface area contributed by atoms with Crippen LogP contribution in [-0.4, -0.2) is 49.7 Å². The van der Waals surface area contributed by atoms with E-state index >= 15 is 0 Å². The zero-order valence-corrected chi connectivity index (χ0v) is 19.5. The van der Waals surface area contributed by atoms with E-state index in [1.54, 1.807) is 30.3 Å². The summed E-state index contributed by atoms with van der Waals surface area (Å²) in [6, 6.07) is 11.9. The van der Waals surface area contributed by atoms with Crippen LogP contribution in [0.2, 0.25) is 0 Å². The number of likely N-dealkylation sites (N-methyl/N-ethyl adjacent to an activating group) is 1. The summed E-state index contributed by atoms with van der Waals surface area (Å²) in [7, 11) is 1.71. The Hall–Kier alpha value is -3.90. The highest BCUT2D eigenvalue weighted by atomic mass is 19.4. The van der Waals surface area contributed by atoms with E-state index in [9.17, 15) is 27.1 Å². The third kappa shape index (κ3) is 6.86. The predicted molar refractivity (Wildman–Crippen MR) is 123 cm³/mol. The molecule has 0 bridgehead atoms. The summed E-state index contributed by atoms with van der Waals surface area (Å²) in [6.07, 6.45) is -0.521. The van der Waals surface area contributed by atoms with Crippen LogP contribution < -0.4 is 4.74 Å². The first-order valence-corrected chi connectivity index (χ1v) is 11.0. The molecule has 0 saturated heterocycles. The number of rotatable bonds is 9. The molecule has 0 radical (unpaired) electrons. The van der Waals surface area contributed by atoms with Gasteiger partial charge in [-0.15, -0.1) is 13.2 Å². The molecule has 4 rings (SSSR count). The zero-order chi connectivity index (χ0) is 26.6. The molecule has 1 atom stereocenters. The normalized spacial score (nSPS) is 13.5. The Morgan fingerprint density at radius 2 is 1.73 bits per heavy atom. The van der Waals surface area contributed by atoms with Crippen molar-refractivity contribution in [3.05, 3.63) is 96.3 Å². The van der Waals surface area contributed by atoms with E-state index in [2.05, 4.69) is 19.8 Å². The number of aliphatic hydroxyl groups is 1. The summed E-state index contributed by atoms with van der Waals surface area (Å²) in [5, 5.41) is 15.4. The Kier molecular flexibility index (Phi) is 7.50. The average Bonchev–Trinajstić information content (AvgIpc) is 3.31. The molecule has 0 saturated carbocycles. The van der Waals surface area contributed by atoms with Crippen LogP contribution in [0.3, 0.4) is 0 Å². The van der Waals surface area contributed by atoms with Gasteiger partial charge in [-0.1, -0.05) is 24.3 Å². The molecule has 0 aliphatic heterocycles. The molecule has 2 aromatic carbocycles. The summed E-state index contributed by atoms with van der Waals surface area (Å²) in [6.45, 7) is 0.112. The summed E-state index contributed by atoms with van der Waals surface area (Å²) in [5.41, 5.74) is 0.112. The van der Waals surface area contributed by atoms with E-state index in [1.165, 1.54) is 47.7 Å². The Morgan fingerprint density at radius 3 is 2.32 bits per heavy atom. The van der Waals surface area contributed by atoms with Crippen molar-refractivity contribution in [3.63, 3.8) is 0 Å². The monoisotopic (exact) mass is 519 g/mol. The maximum atomic E-state index is 14.6. The number of alkyl halides is 3. The molecule has 7 nitrogen and oxygen atoms in total. The number of pyridine rings is 1. The molecule has 12 heteroatoms. The fraction of sp³-hybridized carbons (Fsp3) is 0.240. The number of hydrogen-bond donors (Lipinski definition) is 1. The molecule has 0 amide bonds. The van der Waals surface area contributed by atoms with Crippen LogP contribution in [0.5, 0.6) is 5.75 Å². The number of nitrogens with zero attached hydrogens (tertiary/aromatic N) is 5. The van der Waals surface area contributed by atoms with Crippen molar-refractivity contribution in [1.82, 2.24) is 24.6 Å². The molecule has 0 aliphatic rings. The van der Waals surface area contributed by atoms with Crippen molar-refractivity contribution < 1.29 is 31.8 Å². The second kappa shape index (κ2) is 10.6. The third-order valence-corrected chi connectivity index (χ3v) is 5.53. The van der Waals surface area contributed by atoms with E-state index in [0.29, 0.717) is 22.9 Å². The Labute approximate surface area is 208 Å². The van der Waals surface area contributed by atoms with Gasteiger partial charge >= 0.3 is 6.36 Å². The van der Waals surface area contributed by atoms with Crippen molar-refractivity contribution in [2.75, 3.05) is 13.6 Å². The van der Waals surface area contributed by atoms with Crippen LogP contribution in [-0.2, 0) is 18.7 Å². The molecule has 2 heterocycles. The molecule has 2 aromatic heterocycles. The smallest absolute Gasteiger partial charge is 0.406 e. The fourth-order valence-electron chi connectivity index (χ4n) is 3.99. The lowest BCUT2D eigenvalue weighted by molar-refractivity contribution is -0.274. The first-order valence-electron chi connectivity index (χ1n) is 11.0. The van der Waals surface area contributed by atoms with Crippen LogP contribution >= 0.6 is 0 Å². The summed E-state index contributed by atoms with van der Waals surface area (Å²) >= 11 is 0. The average molecular weight is 519 g/mol. The van der Waals surface area contributed by atoms with E-state index in [0.717, 1.165) is 6.07 Å². The first-order chi connectivity index (χ1) is 17.5. The van der Waals surface area contributed by atoms with Gasteiger partial charge in [0.2, 0.25) is 0 Å². The van der Waals surface area contributed by atoms with Gasteiger partial charge in [-0.05, 0) is 36.9 Å². The highest BCUT2D eigenvalue weighted by molar-refractivity contribution is 5.63. The molecule has 194 valence electrons. The maximum absolute atomic E-state index is 14.6. The standard InChI is InChI=1S/C25H22F5N5O2/c1-34(13-24(36,14-35-16-31-15-33-35)22-9-5-19(26)10-23(22)27)12-20-6-2-18(11-32-20)17-3-7-21(8-4-17)37-25(28,29)30/h2-11,15-16,36H,12-14H2,1H3. The third-order valence-electron chi connectivity index (χ3n) is 5.53. The summed E-state index contributed by atoms with van der Waals surface area (Å²) in [5.74, 6) is -1.96. The van der Waals surface area contributed by atoms with Gasteiger partial charge in [0, 0.05) is 36.5 Å². The van der Waals surface area contributed by atoms with Crippen LogP contribution in [0.15, 0.2) is 73.4 Å². The maximum Gasteiger partial charge on any atom is 0.573 e. The Morgan fingerprint density at radius 1 is 1.00 bits per heavy atom. The number of ether oxygens (including phenoxy) is 1. The quantitative estimate of drug-likeness (QED) is 0.328. The molecule has 4 aromatic rings. The van der Waals surface area contributed by atoms with Gasteiger partial charge in [-0.3, -0.25) is 9.88 Å². The highest BCUT2D eigenvalue weighted by Crippen LogP contribution is 2.29. The lowest BCUT2D eigenvalue weighted by Crippen LogP contribution is -2.43. The molecule has 1 unspecified atom stereocenters. The molecule has 37 heavy (non-hydrogen) atoms. The Bertz CT molecular complexity index is 1320. The minimum absolute atomic E-state index is 0.0422. The molecule has 0 aliphatic carbocycles. The van der Waals surface area contributed by atoms with Gasteiger partial charge in [-0.25, -0.2) is 18.4 Å². The summed E-state index contributed by atoms with van der Waals surface area (Å²) < 4.78 is 70.4. The lowest BCUT2D eigenvalue weighted by Gasteiger charge is -2.33. The topological polar surface area (TPSA) is 76.3 Å². The zero-order valence-electron chi connectivity index (χ0n) is 19.5. The van der Waals surface area contributed by atoms with Crippen molar-refractivity contribution in [2.24, 2.45) is 0 Å². The van der Waals surface area contributed by atoms with Gasteiger partial charge in [-0.2, -0.15) is 5.10 Å². The predicted octanol–water partition coefficient (Wildman–Crippen LogP) is 4.54. The molecule has 0 spiro atoms. The number of benzene rings is 2. The minimum Gasteiger partial charge on any atom is -0.406 e. The largest absolute Gasteiger partial charge is 0.573 e.